The molecule has 1 unspecified atom stereocenters. The Labute approximate surface area is 118 Å². The van der Waals surface area contributed by atoms with Crippen LogP contribution in [-0.4, -0.2) is 5.78 Å². The van der Waals surface area contributed by atoms with Gasteiger partial charge in [0.25, 0.3) is 0 Å². The Morgan fingerprint density at radius 2 is 1.84 bits per heavy atom. The van der Waals surface area contributed by atoms with Crippen LogP contribution in [0.25, 0.3) is 0 Å². The molecule has 0 radical (unpaired) electrons. The highest BCUT2D eigenvalue weighted by Crippen LogP contribution is 2.18. The summed E-state index contributed by atoms with van der Waals surface area (Å²) in [6, 6.07) is 10.4. The number of ketones is 1. The molecular weight excluding hydrogens is 232 g/mol. The van der Waals surface area contributed by atoms with Crippen LogP contribution in [0.1, 0.15) is 64.4 Å². The van der Waals surface area contributed by atoms with Crippen molar-refractivity contribution in [2.75, 3.05) is 0 Å². The minimum atomic E-state index is 0.457. The summed E-state index contributed by atoms with van der Waals surface area (Å²) in [4.78, 5) is 12.0. The number of carbonyl (C=O) groups excluding carboxylic acids is 1. The smallest absolute Gasteiger partial charge is 0.133 e. The Balaban J connectivity index is 2.19. The minimum Gasteiger partial charge on any atom is -0.300 e. The Morgan fingerprint density at radius 1 is 1.11 bits per heavy atom. The minimum absolute atomic E-state index is 0.457. The fourth-order valence-corrected chi connectivity index (χ4v) is 2.50. The Bertz CT molecular complexity index is 342. The summed E-state index contributed by atoms with van der Waals surface area (Å²) in [6.07, 6.45) is 8.42. The van der Waals surface area contributed by atoms with Crippen molar-refractivity contribution in [3.8, 4) is 0 Å². The fourth-order valence-electron chi connectivity index (χ4n) is 2.50. The second-order valence-electron chi connectivity index (χ2n) is 5.50. The van der Waals surface area contributed by atoms with Gasteiger partial charge in [0.15, 0.2) is 0 Å². The maximum atomic E-state index is 12.0. The first-order chi connectivity index (χ1) is 9.26. The van der Waals surface area contributed by atoms with E-state index in [1.807, 2.05) is 6.07 Å². The Morgan fingerprint density at radius 3 is 2.47 bits per heavy atom. The molecule has 0 aliphatic rings. The summed E-state index contributed by atoms with van der Waals surface area (Å²) in [5, 5.41) is 0. The third-order valence-electron chi connectivity index (χ3n) is 3.82. The molecule has 0 saturated heterocycles. The van der Waals surface area contributed by atoms with E-state index in [0.717, 1.165) is 32.1 Å². The molecule has 0 aromatic heterocycles. The molecule has 1 nitrogen and oxygen atoms in total. The molecule has 0 saturated carbocycles. The van der Waals surface area contributed by atoms with Crippen LogP contribution in [0.5, 0.6) is 0 Å². The lowest BCUT2D eigenvalue weighted by Gasteiger charge is -2.13. The average Bonchev–Trinajstić information content (AvgIpc) is 2.44. The highest BCUT2D eigenvalue weighted by atomic mass is 16.1. The van der Waals surface area contributed by atoms with Gasteiger partial charge in [-0.05, 0) is 24.3 Å². The second kappa shape index (κ2) is 9.77. The van der Waals surface area contributed by atoms with Crippen molar-refractivity contribution in [1.29, 1.82) is 0 Å². The number of Topliss-reactive ketones (excluding diaryl/α,β-unsaturated/α-hetero) is 1. The molecule has 106 valence electrons. The van der Waals surface area contributed by atoms with Gasteiger partial charge < -0.3 is 0 Å². The van der Waals surface area contributed by atoms with Gasteiger partial charge >= 0.3 is 0 Å². The molecule has 0 N–H and O–H groups in total. The summed E-state index contributed by atoms with van der Waals surface area (Å²) in [7, 11) is 0. The molecule has 0 aliphatic carbocycles. The molecular formula is C18H28O. The van der Waals surface area contributed by atoms with Crippen LogP contribution in [-0.2, 0) is 11.2 Å². The zero-order valence-corrected chi connectivity index (χ0v) is 12.5. The zero-order chi connectivity index (χ0) is 13.9. The quantitative estimate of drug-likeness (QED) is 0.566. The number of benzene rings is 1. The van der Waals surface area contributed by atoms with E-state index in [1.165, 1.54) is 24.8 Å². The fraction of sp³-hybridized carbons (Fsp3) is 0.611. The normalized spacial score (nSPS) is 12.3. The van der Waals surface area contributed by atoms with Crippen LogP contribution in [0.4, 0.5) is 0 Å². The van der Waals surface area contributed by atoms with E-state index < -0.39 is 0 Å². The standard InChI is InChI=1S/C18H28O/c1-3-5-10-16(4-2)15-18(19)14-9-13-17-11-7-6-8-12-17/h6-8,11-12,16H,3-5,9-10,13-15H2,1-2H3. The van der Waals surface area contributed by atoms with Gasteiger partial charge in [0.2, 0.25) is 0 Å². The Hall–Kier alpha value is -1.11. The predicted molar refractivity (Wildman–Crippen MR) is 82.3 cm³/mol. The maximum Gasteiger partial charge on any atom is 0.133 e. The summed E-state index contributed by atoms with van der Waals surface area (Å²) in [6.45, 7) is 4.42. The van der Waals surface area contributed by atoms with Gasteiger partial charge in [0.1, 0.15) is 5.78 Å². The monoisotopic (exact) mass is 260 g/mol. The van der Waals surface area contributed by atoms with Crippen molar-refractivity contribution in [2.24, 2.45) is 5.92 Å². The van der Waals surface area contributed by atoms with Gasteiger partial charge in [-0.25, -0.2) is 0 Å². The second-order valence-corrected chi connectivity index (χ2v) is 5.50. The number of aryl methyl sites for hydroxylation is 1. The van der Waals surface area contributed by atoms with E-state index in [4.69, 9.17) is 0 Å². The van der Waals surface area contributed by atoms with Crippen LogP contribution < -0.4 is 0 Å². The zero-order valence-electron chi connectivity index (χ0n) is 12.5. The first-order valence-corrected chi connectivity index (χ1v) is 7.81. The summed E-state index contributed by atoms with van der Waals surface area (Å²) < 4.78 is 0. The van der Waals surface area contributed by atoms with Crippen LogP contribution in [0.2, 0.25) is 0 Å². The number of unbranched alkanes of at least 4 members (excludes halogenated alkanes) is 1. The van der Waals surface area contributed by atoms with E-state index in [0.29, 0.717) is 11.7 Å². The van der Waals surface area contributed by atoms with Gasteiger partial charge in [0, 0.05) is 12.8 Å². The van der Waals surface area contributed by atoms with Gasteiger partial charge in [-0.3, -0.25) is 4.79 Å². The maximum absolute atomic E-state index is 12.0. The third-order valence-corrected chi connectivity index (χ3v) is 3.82. The molecule has 1 heteroatoms. The van der Waals surface area contributed by atoms with E-state index >= 15 is 0 Å². The Kier molecular flexibility index (Phi) is 8.20. The van der Waals surface area contributed by atoms with Crippen molar-refractivity contribution in [3.63, 3.8) is 0 Å². The SMILES string of the molecule is CCCCC(CC)CC(=O)CCCc1ccccc1. The lowest BCUT2D eigenvalue weighted by atomic mass is 9.92. The van der Waals surface area contributed by atoms with Gasteiger partial charge in [-0.1, -0.05) is 69.9 Å². The molecule has 1 atom stereocenters. The number of rotatable bonds is 10. The van der Waals surface area contributed by atoms with Crippen LogP contribution in [0, 0.1) is 5.92 Å². The molecule has 19 heavy (non-hydrogen) atoms. The molecule has 1 aromatic rings. The van der Waals surface area contributed by atoms with Crippen molar-refractivity contribution in [3.05, 3.63) is 35.9 Å². The van der Waals surface area contributed by atoms with E-state index in [1.54, 1.807) is 0 Å². The van der Waals surface area contributed by atoms with Crippen molar-refractivity contribution in [1.82, 2.24) is 0 Å². The van der Waals surface area contributed by atoms with Gasteiger partial charge in [-0.2, -0.15) is 0 Å². The summed E-state index contributed by atoms with van der Waals surface area (Å²) in [5.74, 6) is 1.07. The topological polar surface area (TPSA) is 17.1 Å². The highest BCUT2D eigenvalue weighted by Gasteiger charge is 2.11. The molecule has 0 amide bonds. The lowest BCUT2D eigenvalue weighted by molar-refractivity contribution is -0.120. The van der Waals surface area contributed by atoms with Crippen LogP contribution in [0.15, 0.2) is 30.3 Å². The molecule has 0 aliphatic heterocycles. The van der Waals surface area contributed by atoms with E-state index in [-0.39, 0.29) is 0 Å². The lowest BCUT2D eigenvalue weighted by Crippen LogP contribution is -2.08. The number of carbonyl (C=O) groups is 1. The van der Waals surface area contributed by atoms with Crippen LogP contribution >= 0.6 is 0 Å². The van der Waals surface area contributed by atoms with E-state index in [9.17, 15) is 4.79 Å². The van der Waals surface area contributed by atoms with Crippen LogP contribution in [0.3, 0.4) is 0 Å². The number of hydrogen-bond acceptors (Lipinski definition) is 1. The highest BCUT2D eigenvalue weighted by molar-refractivity contribution is 5.78. The van der Waals surface area contributed by atoms with Crippen molar-refractivity contribution >= 4 is 5.78 Å². The van der Waals surface area contributed by atoms with Gasteiger partial charge in [-0.15, -0.1) is 0 Å². The molecule has 0 bridgehead atoms. The third kappa shape index (κ3) is 7.15. The molecule has 1 aromatic carbocycles. The number of hydrogen-bond donors (Lipinski definition) is 0. The molecule has 0 heterocycles. The average molecular weight is 260 g/mol. The molecule has 1 rings (SSSR count). The van der Waals surface area contributed by atoms with Crippen molar-refractivity contribution < 1.29 is 4.79 Å². The summed E-state index contributed by atoms with van der Waals surface area (Å²) in [5.41, 5.74) is 1.34. The first-order valence-electron chi connectivity index (χ1n) is 7.81. The predicted octanol–water partition coefficient (Wildman–Crippen LogP) is 5.18. The molecule has 0 spiro atoms. The van der Waals surface area contributed by atoms with Crippen molar-refractivity contribution in [2.45, 2.75) is 65.2 Å². The van der Waals surface area contributed by atoms with Gasteiger partial charge in [0.05, 0.1) is 0 Å². The molecule has 0 fully saturated rings. The van der Waals surface area contributed by atoms with E-state index in [2.05, 4.69) is 38.1 Å². The first kappa shape index (κ1) is 15.9. The summed E-state index contributed by atoms with van der Waals surface area (Å²) >= 11 is 0. The largest absolute Gasteiger partial charge is 0.300 e.